The van der Waals surface area contributed by atoms with Crippen LogP contribution in [0.2, 0.25) is 0 Å². The second-order valence-electron chi connectivity index (χ2n) is 5.18. The lowest BCUT2D eigenvalue weighted by Crippen LogP contribution is -2.30. The van der Waals surface area contributed by atoms with Gasteiger partial charge < -0.3 is 24.8 Å². The van der Waals surface area contributed by atoms with Gasteiger partial charge in [0.2, 0.25) is 0 Å². The highest BCUT2D eigenvalue weighted by molar-refractivity contribution is 7.80. The van der Waals surface area contributed by atoms with Crippen LogP contribution in [0.4, 0.5) is 5.69 Å². The maximum Gasteiger partial charge on any atom is 0.170 e. The van der Waals surface area contributed by atoms with E-state index in [1.165, 1.54) is 0 Å². The van der Waals surface area contributed by atoms with E-state index in [1.54, 1.807) is 7.11 Å². The molecular weight excluding hydrogens is 300 g/mol. The molecule has 0 saturated carbocycles. The van der Waals surface area contributed by atoms with Gasteiger partial charge in [0, 0.05) is 31.5 Å². The third-order valence-electron chi connectivity index (χ3n) is 3.41. The minimum Gasteiger partial charge on any atom is -0.497 e. The highest BCUT2D eigenvalue weighted by Crippen LogP contribution is 2.16. The van der Waals surface area contributed by atoms with E-state index in [1.807, 2.05) is 24.3 Å². The van der Waals surface area contributed by atoms with E-state index in [9.17, 15) is 0 Å². The summed E-state index contributed by atoms with van der Waals surface area (Å²) in [6.45, 7) is 3.07. The Balaban J connectivity index is 1.53. The molecule has 1 heterocycles. The van der Waals surface area contributed by atoms with Gasteiger partial charge >= 0.3 is 0 Å². The molecule has 122 valence electrons. The summed E-state index contributed by atoms with van der Waals surface area (Å²) >= 11 is 5.26. The molecule has 0 radical (unpaired) electrons. The van der Waals surface area contributed by atoms with Gasteiger partial charge in [-0.1, -0.05) is 6.07 Å². The maximum absolute atomic E-state index is 5.60. The number of hydrogen-bond acceptors (Lipinski definition) is 4. The number of nitrogens with one attached hydrogen (secondary N) is 2. The van der Waals surface area contributed by atoms with E-state index < -0.39 is 0 Å². The number of rotatable bonds is 8. The van der Waals surface area contributed by atoms with Gasteiger partial charge in [-0.3, -0.25) is 0 Å². The van der Waals surface area contributed by atoms with Gasteiger partial charge in [0.05, 0.1) is 19.8 Å². The minimum absolute atomic E-state index is 0.295. The van der Waals surface area contributed by atoms with Gasteiger partial charge in [-0.2, -0.15) is 0 Å². The molecule has 1 aliphatic heterocycles. The Morgan fingerprint density at radius 1 is 1.45 bits per heavy atom. The number of ether oxygens (including phenoxy) is 3. The summed E-state index contributed by atoms with van der Waals surface area (Å²) in [6, 6.07) is 7.66. The van der Waals surface area contributed by atoms with E-state index in [0.717, 1.165) is 43.9 Å². The predicted octanol–water partition coefficient (Wildman–Crippen LogP) is 2.57. The largest absolute Gasteiger partial charge is 0.497 e. The lowest BCUT2D eigenvalue weighted by atomic mass is 10.2. The molecule has 6 heteroatoms. The molecule has 1 fully saturated rings. The topological polar surface area (TPSA) is 51.8 Å². The van der Waals surface area contributed by atoms with Crippen molar-refractivity contribution < 1.29 is 14.2 Å². The molecule has 22 heavy (non-hydrogen) atoms. The maximum atomic E-state index is 5.60. The zero-order valence-corrected chi connectivity index (χ0v) is 13.8. The van der Waals surface area contributed by atoms with Crippen molar-refractivity contribution in [3.8, 4) is 5.75 Å². The number of thiocarbonyl (C=S) groups is 1. The molecule has 5 nitrogen and oxygen atoms in total. The molecule has 0 aromatic heterocycles. The Morgan fingerprint density at radius 2 is 2.36 bits per heavy atom. The zero-order valence-electron chi connectivity index (χ0n) is 13.0. The molecule has 0 bridgehead atoms. The molecule has 0 aliphatic carbocycles. The van der Waals surface area contributed by atoms with Crippen LogP contribution in [-0.4, -0.2) is 44.7 Å². The zero-order chi connectivity index (χ0) is 15.6. The van der Waals surface area contributed by atoms with Crippen LogP contribution < -0.4 is 15.4 Å². The van der Waals surface area contributed by atoms with Crippen LogP contribution >= 0.6 is 12.2 Å². The lowest BCUT2D eigenvalue weighted by molar-refractivity contribution is 0.0168. The fourth-order valence-electron chi connectivity index (χ4n) is 2.24. The highest BCUT2D eigenvalue weighted by Gasteiger charge is 2.14. The first-order valence-corrected chi connectivity index (χ1v) is 8.07. The van der Waals surface area contributed by atoms with Crippen LogP contribution in [0.15, 0.2) is 24.3 Å². The monoisotopic (exact) mass is 324 g/mol. The quantitative estimate of drug-likeness (QED) is 0.566. The van der Waals surface area contributed by atoms with Gasteiger partial charge in [-0.25, -0.2) is 0 Å². The minimum atomic E-state index is 0.295. The third kappa shape index (κ3) is 6.17. The van der Waals surface area contributed by atoms with Crippen molar-refractivity contribution in [1.29, 1.82) is 0 Å². The van der Waals surface area contributed by atoms with E-state index in [2.05, 4.69) is 10.6 Å². The Bertz CT molecular complexity index is 464. The molecular formula is C16H24N2O3S. The van der Waals surface area contributed by atoms with E-state index in [4.69, 9.17) is 26.4 Å². The van der Waals surface area contributed by atoms with Crippen LogP contribution in [0.5, 0.6) is 5.75 Å². The van der Waals surface area contributed by atoms with Crippen molar-refractivity contribution >= 4 is 23.0 Å². The molecule has 0 unspecified atom stereocenters. The van der Waals surface area contributed by atoms with E-state index in [0.29, 0.717) is 24.4 Å². The number of hydrogen-bond donors (Lipinski definition) is 2. The summed E-state index contributed by atoms with van der Waals surface area (Å²) in [4.78, 5) is 0. The van der Waals surface area contributed by atoms with Crippen molar-refractivity contribution in [2.24, 2.45) is 0 Å². The van der Waals surface area contributed by atoms with Crippen LogP contribution in [0, 0.1) is 0 Å². The van der Waals surface area contributed by atoms with Crippen molar-refractivity contribution in [1.82, 2.24) is 5.32 Å². The fraction of sp³-hybridized carbons (Fsp3) is 0.562. The smallest absolute Gasteiger partial charge is 0.170 e. The van der Waals surface area contributed by atoms with Gasteiger partial charge in [0.1, 0.15) is 5.75 Å². The Kier molecular flexibility index (Phi) is 7.42. The highest BCUT2D eigenvalue weighted by atomic mass is 32.1. The summed E-state index contributed by atoms with van der Waals surface area (Å²) < 4.78 is 16.3. The Morgan fingerprint density at radius 3 is 3.14 bits per heavy atom. The van der Waals surface area contributed by atoms with Crippen molar-refractivity contribution in [3.05, 3.63) is 24.3 Å². The van der Waals surface area contributed by atoms with Crippen LogP contribution in [0.25, 0.3) is 0 Å². The number of anilines is 1. The van der Waals surface area contributed by atoms with Crippen LogP contribution in [0.3, 0.4) is 0 Å². The first kappa shape index (κ1) is 17.0. The van der Waals surface area contributed by atoms with E-state index >= 15 is 0 Å². The first-order valence-electron chi connectivity index (χ1n) is 7.66. The first-order chi connectivity index (χ1) is 10.8. The number of benzene rings is 1. The van der Waals surface area contributed by atoms with Crippen molar-refractivity contribution in [2.75, 3.05) is 38.8 Å². The summed E-state index contributed by atoms with van der Waals surface area (Å²) in [5.74, 6) is 0.801. The summed E-state index contributed by atoms with van der Waals surface area (Å²) in [6.07, 6.45) is 3.47. The Hall–Kier alpha value is -1.37. The van der Waals surface area contributed by atoms with Crippen LogP contribution in [-0.2, 0) is 9.47 Å². The predicted molar refractivity (Wildman–Crippen MR) is 91.6 cm³/mol. The standard InChI is InChI=1S/C16H24N2O3S/c1-19-14-6-2-5-13(11-14)18-16(22)17-8-4-9-20-12-15-7-3-10-21-15/h2,5-6,11,15H,3-4,7-10,12H2,1H3,(H2,17,18,22)/t15-/m1/s1. The molecule has 1 aliphatic rings. The molecule has 1 aromatic rings. The van der Waals surface area contributed by atoms with Crippen molar-refractivity contribution in [2.45, 2.75) is 25.4 Å². The average molecular weight is 324 g/mol. The normalized spacial score (nSPS) is 17.2. The van der Waals surface area contributed by atoms with E-state index in [-0.39, 0.29) is 0 Å². The Labute approximate surface area is 137 Å². The second kappa shape index (κ2) is 9.61. The third-order valence-corrected chi connectivity index (χ3v) is 3.65. The van der Waals surface area contributed by atoms with Gasteiger partial charge in [0.15, 0.2) is 5.11 Å². The molecule has 2 N–H and O–H groups in total. The average Bonchev–Trinajstić information content (AvgIpc) is 3.04. The summed E-state index contributed by atoms with van der Waals surface area (Å²) in [7, 11) is 1.65. The second-order valence-corrected chi connectivity index (χ2v) is 5.58. The summed E-state index contributed by atoms with van der Waals surface area (Å²) in [5, 5.41) is 6.90. The SMILES string of the molecule is COc1cccc(NC(=S)NCCCOC[C@H]2CCCO2)c1. The molecule has 1 saturated heterocycles. The van der Waals surface area contributed by atoms with Crippen molar-refractivity contribution in [3.63, 3.8) is 0 Å². The molecule has 1 aromatic carbocycles. The van der Waals surface area contributed by atoms with Gasteiger partial charge in [0.25, 0.3) is 0 Å². The van der Waals surface area contributed by atoms with Gasteiger partial charge in [-0.15, -0.1) is 0 Å². The molecule has 0 spiro atoms. The lowest BCUT2D eigenvalue weighted by Gasteiger charge is -2.12. The van der Waals surface area contributed by atoms with Gasteiger partial charge in [-0.05, 0) is 43.6 Å². The molecule has 0 amide bonds. The number of methoxy groups -OCH3 is 1. The van der Waals surface area contributed by atoms with Crippen LogP contribution in [0.1, 0.15) is 19.3 Å². The molecule has 2 rings (SSSR count). The molecule has 1 atom stereocenters. The summed E-state index contributed by atoms with van der Waals surface area (Å²) in [5.41, 5.74) is 0.909. The fourth-order valence-corrected chi connectivity index (χ4v) is 2.46.